The van der Waals surface area contributed by atoms with Crippen molar-refractivity contribution in [1.29, 1.82) is 0 Å². The average molecular weight is 255 g/mol. The molecule has 0 saturated carbocycles. The molecule has 1 aromatic carbocycles. The number of benzene rings is 1. The molecule has 0 fully saturated rings. The summed E-state index contributed by atoms with van der Waals surface area (Å²) >= 11 is 0. The minimum Gasteiger partial charge on any atom is -0.358 e. The van der Waals surface area contributed by atoms with E-state index in [2.05, 4.69) is 10.1 Å². The van der Waals surface area contributed by atoms with Gasteiger partial charge in [-0.05, 0) is 19.9 Å². The molecule has 5 heteroatoms. The number of aromatic amines is 1. The van der Waals surface area contributed by atoms with Crippen molar-refractivity contribution < 1.29 is 9.59 Å². The van der Waals surface area contributed by atoms with Crippen molar-refractivity contribution in [3.8, 4) is 0 Å². The highest BCUT2D eigenvalue weighted by molar-refractivity contribution is 6.17. The zero-order chi connectivity index (χ0) is 13.6. The average Bonchev–Trinajstić information content (AvgIpc) is 2.87. The van der Waals surface area contributed by atoms with Crippen LogP contribution in [0.25, 0.3) is 10.9 Å². The molecule has 2 amide bonds. The van der Waals surface area contributed by atoms with Crippen LogP contribution in [0.5, 0.6) is 0 Å². The zero-order valence-electron chi connectivity index (χ0n) is 10.7. The Morgan fingerprint density at radius 2 is 2.05 bits per heavy atom. The molecule has 0 radical (unpaired) electrons. The number of nitrogens with zero attached hydrogens (tertiary/aromatic N) is 2. The van der Waals surface area contributed by atoms with Gasteiger partial charge in [-0.3, -0.25) is 9.59 Å². The highest BCUT2D eigenvalue weighted by Crippen LogP contribution is 2.24. The van der Waals surface area contributed by atoms with Gasteiger partial charge in [0.15, 0.2) is 0 Å². The van der Waals surface area contributed by atoms with Gasteiger partial charge in [0, 0.05) is 22.3 Å². The largest absolute Gasteiger partial charge is 0.358 e. The van der Waals surface area contributed by atoms with Crippen molar-refractivity contribution in [3.63, 3.8) is 0 Å². The van der Waals surface area contributed by atoms with Gasteiger partial charge in [0.25, 0.3) is 11.8 Å². The molecule has 0 unspecified atom stereocenters. The van der Waals surface area contributed by atoms with E-state index in [1.165, 1.54) is 0 Å². The third kappa shape index (κ3) is 1.74. The predicted octanol–water partition coefficient (Wildman–Crippen LogP) is 2.22. The summed E-state index contributed by atoms with van der Waals surface area (Å²) in [5, 5.41) is 5.80. The molecule has 19 heavy (non-hydrogen) atoms. The van der Waals surface area contributed by atoms with Crippen LogP contribution in [0.3, 0.4) is 0 Å². The molecule has 3 rings (SSSR count). The zero-order valence-corrected chi connectivity index (χ0v) is 10.7. The monoisotopic (exact) mass is 255 g/mol. The maximum absolute atomic E-state index is 12.5. The van der Waals surface area contributed by atoms with E-state index < -0.39 is 0 Å². The van der Waals surface area contributed by atoms with E-state index in [1.807, 2.05) is 31.2 Å². The summed E-state index contributed by atoms with van der Waals surface area (Å²) in [5.74, 6) is -0.635. The molecule has 2 aromatic rings. The molecule has 1 aliphatic heterocycles. The molecule has 1 aliphatic rings. The summed E-state index contributed by atoms with van der Waals surface area (Å²) in [6.07, 6.45) is 0.215. The highest BCUT2D eigenvalue weighted by Gasteiger charge is 2.30. The lowest BCUT2D eigenvalue weighted by Crippen LogP contribution is -2.28. The van der Waals surface area contributed by atoms with Crippen LogP contribution in [0.4, 0.5) is 0 Å². The van der Waals surface area contributed by atoms with Crippen LogP contribution in [0, 0.1) is 6.92 Å². The number of carbonyl (C=O) groups is 2. The lowest BCUT2D eigenvalue weighted by molar-refractivity contribution is -0.126. The Balaban J connectivity index is 2.12. The second-order valence-electron chi connectivity index (χ2n) is 4.69. The Labute approximate surface area is 109 Å². The van der Waals surface area contributed by atoms with E-state index in [-0.39, 0.29) is 18.2 Å². The van der Waals surface area contributed by atoms with E-state index >= 15 is 0 Å². The Morgan fingerprint density at radius 3 is 2.74 bits per heavy atom. The van der Waals surface area contributed by atoms with Crippen LogP contribution in [0.15, 0.2) is 29.4 Å². The maximum atomic E-state index is 12.5. The molecular formula is C14H13N3O2. The first kappa shape index (κ1) is 11.6. The topological polar surface area (TPSA) is 65.5 Å². The Hall–Kier alpha value is -2.43. The van der Waals surface area contributed by atoms with E-state index in [1.54, 1.807) is 6.92 Å². The van der Waals surface area contributed by atoms with E-state index in [0.717, 1.165) is 21.6 Å². The number of rotatable bonds is 1. The SMILES string of the molecule is CC1=NN(C(=O)c2c(C)[nH]c3ccccc23)C(=O)C1. The van der Waals surface area contributed by atoms with Crippen LogP contribution >= 0.6 is 0 Å². The fraction of sp³-hybridized carbons (Fsp3) is 0.214. The number of hydrogen-bond acceptors (Lipinski definition) is 3. The minimum absolute atomic E-state index is 0.215. The summed E-state index contributed by atoms with van der Waals surface area (Å²) in [6.45, 7) is 3.57. The second kappa shape index (κ2) is 4.05. The molecule has 0 saturated heterocycles. The van der Waals surface area contributed by atoms with Crippen LogP contribution in [-0.4, -0.2) is 27.5 Å². The molecule has 2 heterocycles. The van der Waals surface area contributed by atoms with Crippen molar-refractivity contribution in [2.24, 2.45) is 5.10 Å². The number of amides is 2. The molecule has 0 spiro atoms. The summed E-state index contributed by atoms with van der Waals surface area (Å²) in [4.78, 5) is 27.4. The number of carbonyl (C=O) groups excluding carboxylic acids is 2. The van der Waals surface area contributed by atoms with Crippen molar-refractivity contribution in [1.82, 2.24) is 9.99 Å². The van der Waals surface area contributed by atoms with Crippen LogP contribution in [0.1, 0.15) is 29.4 Å². The van der Waals surface area contributed by atoms with Gasteiger partial charge in [-0.15, -0.1) is 0 Å². The fourth-order valence-electron chi connectivity index (χ4n) is 2.37. The maximum Gasteiger partial charge on any atom is 0.283 e. The number of hydrazone groups is 1. The van der Waals surface area contributed by atoms with Gasteiger partial charge >= 0.3 is 0 Å². The third-order valence-corrected chi connectivity index (χ3v) is 3.21. The van der Waals surface area contributed by atoms with Gasteiger partial charge in [0.2, 0.25) is 0 Å². The lowest BCUT2D eigenvalue weighted by Gasteiger charge is -2.09. The summed E-state index contributed by atoms with van der Waals surface area (Å²) in [5.41, 5.74) is 2.81. The van der Waals surface area contributed by atoms with Gasteiger partial charge < -0.3 is 4.98 Å². The van der Waals surface area contributed by atoms with Crippen molar-refractivity contribution >= 4 is 28.4 Å². The third-order valence-electron chi connectivity index (χ3n) is 3.21. The molecule has 1 N–H and O–H groups in total. The minimum atomic E-state index is -0.364. The number of fused-ring (bicyclic) bond motifs is 1. The number of para-hydroxylation sites is 1. The van der Waals surface area contributed by atoms with Crippen molar-refractivity contribution in [2.45, 2.75) is 20.3 Å². The quantitative estimate of drug-likeness (QED) is 0.794. The second-order valence-corrected chi connectivity index (χ2v) is 4.69. The number of imide groups is 1. The molecule has 96 valence electrons. The molecule has 1 aromatic heterocycles. The standard InChI is InChI=1S/C14H13N3O2/c1-8-7-12(18)17(16-8)14(19)13-9(2)15-11-6-4-3-5-10(11)13/h3-6,15H,7H2,1-2H3. The van der Waals surface area contributed by atoms with Gasteiger partial charge in [-0.2, -0.15) is 10.1 Å². The predicted molar refractivity (Wildman–Crippen MR) is 71.9 cm³/mol. The van der Waals surface area contributed by atoms with Crippen LogP contribution in [0.2, 0.25) is 0 Å². The van der Waals surface area contributed by atoms with E-state index in [0.29, 0.717) is 11.3 Å². The molecule has 5 nitrogen and oxygen atoms in total. The fourth-order valence-corrected chi connectivity index (χ4v) is 2.37. The normalized spacial score (nSPS) is 15.2. The number of nitrogens with one attached hydrogen (secondary N) is 1. The van der Waals surface area contributed by atoms with Crippen LogP contribution in [-0.2, 0) is 4.79 Å². The van der Waals surface area contributed by atoms with Crippen molar-refractivity contribution in [3.05, 3.63) is 35.5 Å². The van der Waals surface area contributed by atoms with Gasteiger partial charge in [0.05, 0.1) is 12.0 Å². The van der Waals surface area contributed by atoms with Crippen LogP contribution < -0.4 is 0 Å². The highest BCUT2D eigenvalue weighted by atomic mass is 16.2. The first-order valence-electron chi connectivity index (χ1n) is 6.06. The number of aryl methyl sites for hydroxylation is 1. The first-order chi connectivity index (χ1) is 9.08. The Morgan fingerprint density at radius 1 is 1.32 bits per heavy atom. The molecule has 0 aliphatic carbocycles. The number of hydrogen-bond donors (Lipinski definition) is 1. The number of H-pyrrole nitrogens is 1. The summed E-state index contributed by atoms with van der Waals surface area (Å²) < 4.78 is 0. The number of aromatic nitrogens is 1. The molecule has 0 bridgehead atoms. The van der Waals surface area contributed by atoms with Gasteiger partial charge in [-0.1, -0.05) is 18.2 Å². The van der Waals surface area contributed by atoms with E-state index in [4.69, 9.17) is 0 Å². The summed E-state index contributed by atoms with van der Waals surface area (Å²) in [7, 11) is 0. The Bertz CT molecular complexity index is 727. The smallest absolute Gasteiger partial charge is 0.283 e. The molecular weight excluding hydrogens is 242 g/mol. The Kier molecular flexibility index (Phi) is 2.48. The summed E-state index contributed by atoms with van der Waals surface area (Å²) in [6, 6.07) is 7.53. The van der Waals surface area contributed by atoms with Gasteiger partial charge in [-0.25, -0.2) is 0 Å². The first-order valence-corrected chi connectivity index (χ1v) is 6.06. The molecule has 0 atom stereocenters. The van der Waals surface area contributed by atoms with Crippen molar-refractivity contribution in [2.75, 3.05) is 0 Å². The lowest BCUT2D eigenvalue weighted by atomic mass is 10.1. The van der Waals surface area contributed by atoms with Gasteiger partial charge in [0.1, 0.15) is 0 Å². The van der Waals surface area contributed by atoms with E-state index in [9.17, 15) is 9.59 Å².